The minimum Gasteiger partial charge on any atom is -0.294 e. The SMILES string of the molecule is C1CCC(N(C2CCCCC2)C2CCC(N(C3CCC(N(C4CCCCC4)C4CCCCC4)CC3)C3CCC(N(C4CCCCC4)C4CCCCC4)CC3)CC2)CC1. The molecule has 0 atom stereocenters. The van der Waals surface area contributed by atoms with Crippen LogP contribution in [0.25, 0.3) is 0 Å². The van der Waals surface area contributed by atoms with Crippen LogP contribution in [0.15, 0.2) is 0 Å². The second-order valence-corrected chi connectivity index (χ2v) is 22.9. The second-order valence-electron chi connectivity index (χ2n) is 22.9. The number of nitrogens with zero attached hydrogens (tertiary/aromatic N) is 4. The summed E-state index contributed by atoms with van der Waals surface area (Å²) in [7, 11) is 0. The Morgan fingerprint density at radius 2 is 0.224 bits per heavy atom. The molecule has 332 valence electrons. The summed E-state index contributed by atoms with van der Waals surface area (Å²) in [5.74, 6) is 0. The summed E-state index contributed by atoms with van der Waals surface area (Å²) >= 11 is 0. The van der Waals surface area contributed by atoms with Crippen molar-refractivity contribution in [2.24, 2.45) is 0 Å². The van der Waals surface area contributed by atoms with Crippen molar-refractivity contribution in [1.82, 2.24) is 19.6 Å². The Bertz CT molecular complexity index is 933. The molecule has 0 N–H and O–H groups in total. The minimum atomic E-state index is 0.861. The fourth-order valence-corrected chi connectivity index (χ4v) is 16.8. The maximum absolute atomic E-state index is 3.38. The number of rotatable bonds is 12. The van der Waals surface area contributed by atoms with Gasteiger partial charge in [0.1, 0.15) is 0 Å². The van der Waals surface area contributed by atoms with Gasteiger partial charge in [0, 0.05) is 72.5 Å². The van der Waals surface area contributed by atoms with Crippen LogP contribution in [0.4, 0.5) is 0 Å². The minimum absolute atomic E-state index is 0.861. The summed E-state index contributed by atoms with van der Waals surface area (Å²) in [6.07, 6.45) is 63.2. The summed E-state index contributed by atoms with van der Waals surface area (Å²) in [6, 6.07) is 10.7. The smallest absolute Gasteiger partial charge is 0.0102 e. The molecule has 9 aliphatic rings. The highest BCUT2D eigenvalue weighted by atomic mass is 15.3. The molecule has 4 nitrogen and oxygen atoms in total. The van der Waals surface area contributed by atoms with Crippen LogP contribution >= 0.6 is 0 Å². The molecule has 9 saturated carbocycles. The van der Waals surface area contributed by atoms with Crippen molar-refractivity contribution < 1.29 is 0 Å². The highest BCUT2D eigenvalue weighted by Crippen LogP contribution is 2.44. The molecular weight excluding hydrogens is 705 g/mol. The first-order chi connectivity index (χ1) is 28.8. The molecule has 0 aliphatic heterocycles. The Kier molecular flexibility index (Phi) is 16.3. The molecule has 0 aromatic heterocycles. The summed E-state index contributed by atoms with van der Waals surface area (Å²) in [4.78, 5) is 13.1. The molecular formula is C54H96N4. The zero-order valence-corrected chi connectivity index (χ0v) is 38.4. The van der Waals surface area contributed by atoms with Gasteiger partial charge in [0.2, 0.25) is 0 Å². The predicted molar refractivity (Wildman–Crippen MR) is 247 cm³/mol. The summed E-state index contributed by atoms with van der Waals surface area (Å²) in [5.41, 5.74) is 0. The maximum Gasteiger partial charge on any atom is 0.0102 e. The molecule has 9 aliphatic carbocycles. The fraction of sp³-hybridized carbons (Fsp3) is 1.00. The molecule has 0 spiro atoms. The molecule has 9 rings (SSSR count). The third-order valence-corrected chi connectivity index (χ3v) is 19.5. The van der Waals surface area contributed by atoms with Gasteiger partial charge in [0.25, 0.3) is 0 Å². The van der Waals surface area contributed by atoms with Crippen molar-refractivity contribution in [3.05, 3.63) is 0 Å². The largest absolute Gasteiger partial charge is 0.294 e. The first-order valence-electron chi connectivity index (χ1n) is 27.9. The molecule has 58 heavy (non-hydrogen) atoms. The molecule has 0 aromatic carbocycles. The topological polar surface area (TPSA) is 13.0 Å². The van der Waals surface area contributed by atoms with Gasteiger partial charge in [-0.05, 0) is 154 Å². The Balaban J connectivity index is 0.901. The van der Waals surface area contributed by atoms with E-state index in [1.807, 2.05) is 0 Å². The van der Waals surface area contributed by atoms with E-state index in [0.29, 0.717) is 0 Å². The summed E-state index contributed by atoms with van der Waals surface area (Å²) in [5, 5.41) is 0. The lowest BCUT2D eigenvalue weighted by Crippen LogP contribution is -2.59. The lowest BCUT2D eigenvalue weighted by molar-refractivity contribution is -0.0436. The Morgan fingerprint density at radius 3 is 0.345 bits per heavy atom. The molecule has 0 amide bonds. The summed E-state index contributed by atoms with van der Waals surface area (Å²) < 4.78 is 0. The standard InChI is InChI=1S/C54H96N4/c1-7-19-43(20-8-1)55(44-21-9-2-10-22-44)49-31-37-52(38-32-49)58(53-39-33-50(34-40-53)56(45-23-11-3-12-24-45)46-25-13-4-14-26-46)54-41-35-51(36-42-54)57(47-27-15-5-16-28-47)48-29-17-6-18-30-48/h43-54H,1-42H2. The molecule has 0 bridgehead atoms. The first kappa shape index (κ1) is 43.1. The van der Waals surface area contributed by atoms with Gasteiger partial charge in [0.05, 0.1) is 0 Å². The van der Waals surface area contributed by atoms with Crippen molar-refractivity contribution in [3.8, 4) is 0 Å². The monoisotopic (exact) mass is 801 g/mol. The molecule has 4 heteroatoms. The van der Waals surface area contributed by atoms with Crippen LogP contribution in [0.3, 0.4) is 0 Å². The van der Waals surface area contributed by atoms with Gasteiger partial charge in [-0.3, -0.25) is 19.6 Å². The van der Waals surface area contributed by atoms with Gasteiger partial charge in [-0.25, -0.2) is 0 Å². The van der Waals surface area contributed by atoms with Crippen molar-refractivity contribution in [1.29, 1.82) is 0 Å². The third-order valence-electron chi connectivity index (χ3n) is 19.5. The Labute approximate surface area is 360 Å². The highest BCUT2D eigenvalue weighted by molar-refractivity contribution is 5.00. The lowest BCUT2D eigenvalue weighted by Gasteiger charge is -2.54. The van der Waals surface area contributed by atoms with Crippen LogP contribution in [-0.4, -0.2) is 92.1 Å². The number of hydrogen-bond donors (Lipinski definition) is 0. The summed E-state index contributed by atoms with van der Waals surface area (Å²) in [6.45, 7) is 0. The number of hydrogen-bond acceptors (Lipinski definition) is 4. The maximum atomic E-state index is 3.38. The molecule has 0 unspecified atom stereocenters. The van der Waals surface area contributed by atoms with Gasteiger partial charge in [-0.15, -0.1) is 0 Å². The van der Waals surface area contributed by atoms with E-state index in [1.54, 1.807) is 0 Å². The van der Waals surface area contributed by atoms with Crippen LogP contribution in [0.5, 0.6) is 0 Å². The van der Waals surface area contributed by atoms with E-state index in [1.165, 1.54) is 270 Å². The van der Waals surface area contributed by atoms with Gasteiger partial charge in [-0.1, -0.05) is 116 Å². The van der Waals surface area contributed by atoms with E-state index in [9.17, 15) is 0 Å². The fourth-order valence-electron chi connectivity index (χ4n) is 16.8. The molecule has 0 radical (unpaired) electrons. The lowest BCUT2D eigenvalue weighted by atomic mass is 9.78. The zero-order valence-electron chi connectivity index (χ0n) is 38.4. The highest BCUT2D eigenvalue weighted by Gasteiger charge is 2.44. The second kappa shape index (κ2) is 22.0. The van der Waals surface area contributed by atoms with E-state index in [2.05, 4.69) is 19.6 Å². The molecule has 0 saturated heterocycles. The third kappa shape index (κ3) is 10.6. The Hall–Kier alpha value is -0.160. The van der Waals surface area contributed by atoms with E-state index in [-0.39, 0.29) is 0 Å². The molecule has 0 aromatic rings. The van der Waals surface area contributed by atoms with Gasteiger partial charge in [-0.2, -0.15) is 0 Å². The van der Waals surface area contributed by atoms with Crippen LogP contribution in [0.2, 0.25) is 0 Å². The van der Waals surface area contributed by atoms with Crippen LogP contribution in [0, 0.1) is 0 Å². The average molecular weight is 801 g/mol. The van der Waals surface area contributed by atoms with Gasteiger partial charge < -0.3 is 0 Å². The van der Waals surface area contributed by atoms with Gasteiger partial charge in [0.15, 0.2) is 0 Å². The van der Waals surface area contributed by atoms with Crippen molar-refractivity contribution in [2.75, 3.05) is 0 Å². The average Bonchev–Trinajstić information content (AvgIpc) is 3.30. The van der Waals surface area contributed by atoms with E-state index in [4.69, 9.17) is 0 Å². The van der Waals surface area contributed by atoms with Crippen molar-refractivity contribution >= 4 is 0 Å². The molecule has 0 heterocycles. The van der Waals surface area contributed by atoms with Gasteiger partial charge >= 0.3 is 0 Å². The normalized spacial score (nSPS) is 36.0. The zero-order chi connectivity index (χ0) is 38.9. The van der Waals surface area contributed by atoms with E-state index < -0.39 is 0 Å². The van der Waals surface area contributed by atoms with E-state index >= 15 is 0 Å². The first-order valence-corrected chi connectivity index (χ1v) is 27.9. The predicted octanol–water partition coefficient (Wildman–Crippen LogP) is 14.1. The van der Waals surface area contributed by atoms with Crippen molar-refractivity contribution in [2.45, 2.75) is 342 Å². The molecule has 9 fully saturated rings. The quantitative estimate of drug-likeness (QED) is 0.195. The van der Waals surface area contributed by atoms with Crippen LogP contribution < -0.4 is 0 Å². The Morgan fingerprint density at radius 1 is 0.121 bits per heavy atom. The van der Waals surface area contributed by atoms with E-state index in [0.717, 1.165) is 72.5 Å². The van der Waals surface area contributed by atoms with Crippen molar-refractivity contribution in [3.63, 3.8) is 0 Å². The van der Waals surface area contributed by atoms with Crippen LogP contribution in [-0.2, 0) is 0 Å². The van der Waals surface area contributed by atoms with Crippen LogP contribution in [0.1, 0.15) is 270 Å².